The second-order valence-corrected chi connectivity index (χ2v) is 3.86. The van der Waals surface area contributed by atoms with Crippen LogP contribution in [-0.2, 0) is 9.53 Å². The lowest BCUT2D eigenvalue weighted by atomic mass is 10.4. The van der Waals surface area contributed by atoms with Gasteiger partial charge in [-0.05, 0) is 26.3 Å². The maximum absolute atomic E-state index is 11.7. The van der Waals surface area contributed by atoms with Crippen LogP contribution in [0.5, 0.6) is 0 Å². The quantitative estimate of drug-likeness (QED) is 0.356. The fourth-order valence-electron chi connectivity index (χ4n) is 1.41. The lowest BCUT2D eigenvalue weighted by molar-refractivity contribution is -0.107. The molecule has 0 radical (unpaired) electrons. The van der Waals surface area contributed by atoms with Gasteiger partial charge in [-0.1, -0.05) is 6.58 Å². The van der Waals surface area contributed by atoms with Crippen LogP contribution < -0.4 is 5.32 Å². The molecule has 1 N–H and O–H groups in total. The molecule has 0 bridgehead atoms. The van der Waals surface area contributed by atoms with Crippen molar-refractivity contribution >= 4 is 12.3 Å². The summed E-state index contributed by atoms with van der Waals surface area (Å²) in [6, 6.07) is 1.56. The molecule has 98 valence electrons. The Bertz CT molecular complexity index is 451. The summed E-state index contributed by atoms with van der Waals surface area (Å²) in [6.07, 6.45) is 1.15. The molecule has 0 aliphatic heterocycles. The molecule has 6 nitrogen and oxygen atoms in total. The highest BCUT2D eigenvalue weighted by Gasteiger charge is 2.08. The van der Waals surface area contributed by atoms with Gasteiger partial charge in [0.2, 0.25) is 0 Å². The molecule has 0 saturated carbocycles. The van der Waals surface area contributed by atoms with Crippen molar-refractivity contribution in [3.63, 3.8) is 0 Å². The first-order valence-corrected chi connectivity index (χ1v) is 5.63. The van der Waals surface area contributed by atoms with Crippen LogP contribution in [0, 0.1) is 13.8 Å². The minimum Gasteiger partial charge on any atom is -0.491 e. The van der Waals surface area contributed by atoms with Crippen LogP contribution in [0.3, 0.4) is 0 Å². The van der Waals surface area contributed by atoms with E-state index in [4.69, 9.17) is 4.74 Å². The molecular formula is C12H17N3O3. The molecule has 18 heavy (non-hydrogen) atoms. The third kappa shape index (κ3) is 4.04. The molecule has 1 heterocycles. The zero-order valence-electron chi connectivity index (χ0n) is 10.6. The van der Waals surface area contributed by atoms with Crippen molar-refractivity contribution in [2.45, 2.75) is 20.3 Å². The van der Waals surface area contributed by atoms with Gasteiger partial charge in [0.05, 0.1) is 12.3 Å². The average molecular weight is 251 g/mol. The maximum atomic E-state index is 11.7. The zero-order chi connectivity index (χ0) is 13.5. The average Bonchev–Trinajstić information content (AvgIpc) is 2.67. The van der Waals surface area contributed by atoms with E-state index in [2.05, 4.69) is 17.0 Å². The fraction of sp³-hybridized carbons (Fsp3) is 0.417. The van der Waals surface area contributed by atoms with E-state index < -0.39 is 0 Å². The maximum Gasteiger partial charge on any atom is 0.342 e. The molecule has 1 amide bonds. The van der Waals surface area contributed by atoms with E-state index in [1.54, 1.807) is 0 Å². The lowest BCUT2D eigenvalue weighted by Crippen LogP contribution is -2.31. The van der Waals surface area contributed by atoms with Crippen LogP contribution in [0.2, 0.25) is 0 Å². The predicted octanol–water partition coefficient (Wildman–Crippen LogP) is 1.18. The van der Waals surface area contributed by atoms with Crippen LogP contribution in [-0.4, -0.2) is 35.2 Å². The first-order valence-electron chi connectivity index (χ1n) is 5.63. The van der Waals surface area contributed by atoms with Crippen LogP contribution in [0.4, 0.5) is 4.79 Å². The monoisotopic (exact) mass is 251 g/mol. The number of ether oxygens (including phenoxy) is 1. The Labute approximate surface area is 106 Å². The molecule has 1 rings (SSSR count). The Morgan fingerprint density at radius 2 is 2.33 bits per heavy atom. The number of aromatic nitrogens is 2. The number of amides is 1. The predicted molar refractivity (Wildman–Crippen MR) is 66.3 cm³/mol. The third-order valence-electron chi connectivity index (χ3n) is 2.22. The van der Waals surface area contributed by atoms with Crippen LogP contribution in [0.25, 0.3) is 0 Å². The van der Waals surface area contributed by atoms with Gasteiger partial charge in [-0.2, -0.15) is 9.78 Å². The molecule has 0 saturated heterocycles. The van der Waals surface area contributed by atoms with Gasteiger partial charge in [0, 0.05) is 12.2 Å². The van der Waals surface area contributed by atoms with Gasteiger partial charge in [-0.3, -0.25) is 4.79 Å². The summed E-state index contributed by atoms with van der Waals surface area (Å²) in [5, 5.41) is 6.77. The van der Waals surface area contributed by atoms with E-state index in [-0.39, 0.29) is 11.8 Å². The topological polar surface area (TPSA) is 73.2 Å². The fourth-order valence-corrected chi connectivity index (χ4v) is 1.41. The molecule has 0 aliphatic rings. The van der Waals surface area contributed by atoms with Gasteiger partial charge in [-0.25, -0.2) is 4.79 Å². The summed E-state index contributed by atoms with van der Waals surface area (Å²) in [5.74, 6) is 0.0971. The summed E-state index contributed by atoms with van der Waals surface area (Å²) >= 11 is 0. The Morgan fingerprint density at radius 3 is 2.89 bits per heavy atom. The van der Waals surface area contributed by atoms with Gasteiger partial charge in [0.15, 0.2) is 12.0 Å². The Morgan fingerprint density at radius 1 is 1.61 bits per heavy atom. The summed E-state index contributed by atoms with van der Waals surface area (Å²) in [5.41, 5.74) is 1.59. The molecule has 1 aromatic heterocycles. The number of aldehydes is 1. The number of nitrogens with zero attached hydrogens (tertiary/aromatic N) is 2. The number of rotatable bonds is 6. The largest absolute Gasteiger partial charge is 0.491 e. The number of allylic oxidation sites excluding steroid dienone is 1. The van der Waals surface area contributed by atoms with Gasteiger partial charge >= 0.3 is 6.03 Å². The number of aryl methyl sites for hydroxylation is 2. The molecule has 0 fully saturated rings. The second-order valence-electron chi connectivity index (χ2n) is 3.86. The third-order valence-corrected chi connectivity index (χ3v) is 2.22. The first-order chi connectivity index (χ1) is 8.54. The van der Waals surface area contributed by atoms with Crippen molar-refractivity contribution in [2.75, 3.05) is 13.2 Å². The van der Waals surface area contributed by atoms with Gasteiger partial charge in [0.1, 0.15) is 0 Å². The van der Waals surface area contributed by atoms with Gasteiger partial charge < -0.3 is 10.1 Å². The summed E-state index contributed by atoms with van der Waals surface area (Å²) < 4.78 is 6.29. The highest BCUT2D eigenvalue weighted by molar-refractivity contribution is 5.76. The second kappa shape index (κ2) is 6.58. The Balaban J connectivity index is 2.28. The SMILES string of the molecule is C=C(C=O)OCCCNC(=O)n1nc(C)cc1C. The van der Waals surface area contributed by atoms with Crippen molar-refractivity contribution in [3.8, 4) is 0 Å². The first kappa shape index (κ1) is 14.0. The van der Waals surface area contributed by atoms with Gasteiger partial charge in [-0.15, -0.1) is 0 Å². The van der Waals surface area contributed by atoms with Crippen molar-refractivity contribution < 1.29 is 14.3 Å². The van der Waals surface area contributed by atoms with Crippen LogP contribution in [0.15, 0.2) is 18.4 Å². The molecule has 0 aromatic carbocycles. The Hall–Kier alpha value is -2.11. The number of hydrogen-bond acceptors (Lipinski definition) is 4. The Kier molecular flexibility index (Phi) is 5.10. The van der Waals surface area contributed by atoms with Gasteiger partial charge in [0.25, 0.3) is 0 Å². The molecule has 0 atom stereocenters. The molecule has 0 spiro atoms. The highest BCUT2D eigenvalue weighted by atomic mass is 16.5. The summed E-state index contributed by atoms with van der Waals surface area (Å²) in [6.45, 7) is 7.81. The van der Waals surface area contributed by atoms with Crippen LogP contribution in [0.1, 0.15) is 17.8 Å². The van der Waals surface area contributed by atoms with E-state index >= 15 is 0 Å². The van der Waals surface area contributed by atoms with E-state index in [1.807, 2.05) is 19.9 Å². The van der Waals surface area contributed by atoms with E-state index in [0.29, 0.717) is 25.9 Å². The van der Waals surface area contributed by atoms with Crippen molar-refractivity contribution in [1.82, 2.24) is 15.1 Å². The summed E-state index contributed by atoms with van der Waals surface area (Å²) in [7, 11) is 0. The van der Waals surface area contributed by atoms with Crippen molar-refractivity contribution in [3.05, 3.63) is 29.8 Å². The number of nitrogens with one attached hydrogen (secondary N) is 1. The summed E-state index contributed by atoms with van der Waals surface area (Å²) in [4.78, 5) is 21.9. The number of hydrogen-bond donors (Lipinski definition) is 1. The lowest BCUT2D eigenvalue weighted by Gasteiger charge is -2.07. The number of carbonyl (C=O) groups is 2. The van der Waals surface area contributed by atoms with E-state index in [9.17, 15) is 9.59 Å². The van der Waals surface area contributed by atoms with E-state index in [1.165, 1.54) is 4.68 Å². The van der Waals surface area contributed by atoms with Crippen LogP contribution >= 0.6 is 0 Å². The highest BCUT2D eigenvalue weighted by Crippen LogP contribution is 2.00. The molecular weight excluding hydrogens is 234 g/mol. The standard InChI is InChI=1S/C12H17N3O3/c1-9-7-10(2)15(14-9)12(17)13-5-4-6-18-11(3)8-16/h7-8H,3-6H2,1-2H3,(H,13,17). The van der Waals surface area contributed by atoms with E-state index in [0.717, 1.165) is 11.4 Å². The molecule has 0 unspecified atom stereocenters. The normalized spacial score (nSPS) is 9.89. The number of carbonyl (C=O) groups excluding carboxylic acids is 2. The van der Waals surface area contributed by atoms with Crippen molar-refractivity contribution in [1.29, 1.82) is 0 Å². The minimum atomic E-state index is -0.269. The molecule has 1 aromatic rings. The zero-order valence-corrected chi connectivity index (χ0v) is 10.6. The smallest absolute Gasteiger partial charge is 0.342 e. The minimum absolute atomic E-state index is 0.0971. The molecule has 0 aliphatic carbocycles. The van der Waals surface area contributed by atoms with Crippen molar-refractivity contribution in [2.24, 2.45) is 0 Å². The molecule has 6 heteroatoms.